The average Bonchev–Trinajstić information content (AvgIpc) is 2.96. The topological polar surface area (TPSA) is 67.8 Å². The Kier molecular flexibility index (Phi) is 5.71. The largest absolute Gasteiger partial charge is 0.465 e. The van der Waals surface area contributed by atoms with Crippen LogP contribution in [0.3, 0.4) is 0 Å². The Bertz CT molecular complexity index is 580. The molecule has 1 N–H and O–H groups in total. The Morgan fingerprint density at radius 2 is 2.14 bits per heavy atom. The lowest BCUT2D eigenvalue weighted by atomic mass is 9.89. The van der Waals surface area contributed by atoms with E-state index in [9.17, 15) is 9.59 Å². The predicted octanol–water partition coefficient (Wildman–Crippen LogP) is 3.50. The van der Waals surface area contributed by atoms with Crippen LogP contribution in [0.15, 0.2) is 17.1 Å². The van der Waals surface area contributed by atoms with Gasteiger partial charge in [0.2, 0.25) is 0 Å². The zero-order valence-corrected chi connectivity index (χ0v) is 14.0. The van der Waals surface area contributed by atoms with Crippen LogP contribution in [-0.2, 0) is 16.0 Å². The number of aliphatic imine (C=N–C) groups is 1. The highest BCUT2D eigenvalue weighted by Crippen LogP contribution is 2.33. The SMILES string of the molecule is CCCC1=NC(=O)NC(c2ccc(CC)s2)C1C(=O)OCC. The number of esters is 1. The molecule has 1 aliphatic rings. The van der Waals surface area contributed by atoms with Crippen molar-refractivity contribution in [1.82, 2.24) is 5.32 Å². The second kappa shape index (κ2) is 7.54. The average molecular weight is 322 g/mol. The Labute approximate surface area is 134 Å². The summed E-state index contributed by atoms with van der Waals surface area (Å²) in [4.78, 5) is 30.5. The molecule has 0 bridgehead atoms. The molecule has 2 unspecified atom stereocenters. The summed E-state index contributed by atoms with van der Waals surface area (Å²) in [5.41, 5.74) is 0.626. The molecular weight excluding hydrogens is 300 g/mol. The minimum absolute atomic E-state index is 0.314. The first-order chi connectivity index (χ1) is 10.6. The zero-order valence-electron chi connectivity index (χ0n) is 13.2. The van der Waals surface area contributed by atoms with Crippen LogP contribution in [-0.4, -0.2) is 24.3 Å². The number of ether oxygens (including phenoxy) is 1. The molecular formula is C16H22N2O3S. The standard InChI is InChI=1S/C16H22N2O3S/c1-4-7-11-13(15(19)21-6-3)14(18-16(20)17-11)12-9-8-10(5-2)22-12/h8-9,13-14H,4-7H2,1-3H3,(H,18,20). The van der Waals surface area contributed by atoms with Crippen LogP contribution < -0.4 is 5.32 Å². The highest BCUT2D eigenvalue weighted by atomic mass is 32.1. The van der Waals surface area contributed by atoms with Crippen molar-refractivity contribution in [2.75, 3.05) is 6.61 Å². The second-order valence-corrected chi connectivity index (χ2v) is 6.37. The quantitative estimate of drug-likeness (QED) is 0.815. The van der Waals surface area contributed by atoms with Gasteiger partial charge in [0.25, 0.3) is 0 Å². The molecule has 5 nitrogen and oxygen atoms in total. The van der Waals surface area contributed by atoms with E-state index in [-0.39, 0.29) is 18.0 Å². The van der Waals surface area contributed by atoms with Crippen molar-refractivity contribution in [2.45, 2.75) is 46.1 Å². The van der Waals surface area contributed by atoms with Gasteiger partial charge in [-0.3, -0.25) is 4.79 Å². The number of amides is 2. The van der Waals surface area contributed by atoms with Crippen molar-refractivity contribution in [1.29, 1.82) is 0 Å². The summed E-state index contributed by atoms with van der Waals surface area (Å²) in [6, 6.07) is 3.27. The van der Waals surface area contributed by atoms with Crippen molar-refractivity contribution >= 4 is 29.0 Å². The Morgan fingerprint density at radius 1 is 1.36 bits per heavy atom. The first-order valence-electron chi connectivity index (χ1n) is 7.73. The van der Waals surface area contributed by atoms with Gasteiger partial charge in [-0.25, -0.2) is 9.79 Å². The Balaban J connectivity index is 2.37. The van der Waals surface area contributed by atoms with E-state index in [1.54, 1.807) is 18.3 Å². The molecule has 120 valence electrons. The predicted molar refractivity (Wildman–Crippen MR) is 87.4 cm³/mol. The van der Waals surface area contributed by atoms with Crippen LogP contribution in [0.4, 0.5) is 4.79 Å². The minimum Gasteiger partial charge on any atom is -0.465 e. The van der Waals surface area contributed by atoms with Crippen molar-refractivity contribution in [2.24, 2.45) is 10.9 Å². The molecule has 22 heavy (non-hydrogen) atoms. The van der Waals surface area contributed by atoms with Crippen molar-refractivity contribution in [3.63, 3.8) is 0 Å². The fourth-order valence-electron chi connectivity index (χ4n) is 2.60. The number of thiophene rings is 1. The molecule has 0 saturated heterocycles. The number of carbonyl (C=O) groups excluding carboxylic acids is 2. The van der Waals surface area contributed by atoms with Gasteiger partial charge in [-0.15, -0.1) is 11.3 Å². The molecule has 6 heteroatoms. The van der Waals surface area contributed by atoms with Gasteiger partial charge in [0.15, 0.2) is 0 Å². The van der Waals surface area contributed by atoms with Crippen molar-refractivity contribution in [3.05, 3.63) is 21.9 Å². The number of nitrogens with zero attached hydrogens (tertiary/aromatic N) is 1. The number of carbonyl (C=O) groups is 2. The summed E-state index contributed by atoms with van der Waals surface area (Å²) in [7, 11) is 0. The van der Waals surface area contributed by atoms with Crippen LogP contribution in [0, 0.1) is 5.92 Å². The zero-order chi connectivity index (χ0) is 16.1. The third-order valence-electron chi connectivity index (χ3n) is 3.60. The number of rotatable bonds is 6. The maximum atomic E-state index is 12.4. The summed E-state index contributed by atoms with van der Waals surface area (Å²) in [5, 5.41) is 2.83. The molecule has 0 aromatic carbocycles. The first kappa shape index (κ1) is 16.7. The third-order valence-corrected chi connectivity index (χ3v) is 4.91. The smallest absolute Gasteiger partial charge is 0.341 e. The van der Waals surface area contributed by atoms with Crippen LogP contribution >= 0.6 is 11.3 Å². The van der Waals surface area contributed by atoms with Crippen LogP contribution in [0.5, 0.6) is 0 Å². The van der Waals surface area contributed by atoms with E-state index >= 15 is 0 Å². The fourth-order valence-corrected chi connectivity index (χ4v) is 3.64. The summed E-state index contributed by atoms with van der Waals surface area (Å²) < 4.78 is 5.21. The summed E-state index contributed by atoms with van der Waals surface area (Å²) in [5.74, 6) is -0.841. The van der Waals surface area contributed by atoms with Gasteiger partial charge >= 0.3 is 12.0 Å². The van der Waals surface area contributed by atoms with E-state index < -0.39 is 5.92 Å². The van der Waals surface area contributed by atoms with Gasteiger partial charge < -0.3 is 10.1 Å². The number of hydrogen-bond acceptors (Lipinski definition) is 4. The van der Waals surface area contributed by atoms with Crippen molar-refractivity contribution < 1.29 is 14.3 Å². The van der Waals surface area contributed by atoms with E-state index in [2.05, 4.69) is 17.2 Å². The molecule has 2 rings (SSSR count). The second-order valence-electron chi connectivity index (χ2n) is 5.17. The lowest BCUT2D eigenvalue weighted by Gasteiger charge is -2.29. The van der Waals surface area contributed by atoms with Gasteiger partial charge in [-0.2, -0.15) is 0 Å². The maximum absolute atomic E-state index is 12.4. The Morgan fingerprint density at radius 3 is 2.73 bits per heavy atom. The maximum Gasteiger partial charge on any atom is 0.341 e. The van der Waals surface area contributed by atoms with Gasteiger partial charge in [-0.05, 0) is 31.9 Å². The van der Waals surface area contributed by atoms with Crippen LogP contribution in [0.25, 0.3) is 0 Å². The number of urea groups is 1. The molecule has 0 radical (unpaired) electrons. The monoisotopic (exact) mass is 322 g/mol. The molecule has 2 amide bonds. The minimum atomic E-state index is -0.527. The molecule has 2 heterocycles. The van der Waals surface area contributed by atoms with Gasteiger partial charge in [-0.1, -0.05) is 20.3 Å². The van der Waals surface area contributed by atoms with Crippen molar-refractivity contribution in [3.8, 4) is 0 Å². The van der Waals surface area contributed by atoms with Gasteiger partial charge in [0.05, 0.1) is 12.6 Å². The molecule has 2 atom stereocenters. The molecule has 1 aromatic heterocycles. The molecule has 1 aliphatic heterocycles. The normalized spacial score (nSPS) is 21.2. The lowest BCUT2D eigenvalue weighted by Crippen LogP contribution is -2.44. The molecule has 1 aromatic rings. The Hall–Kier alpha value is -1.69. The van der Waals surface area contributed by atoms with E-state index in [4.69, 9.17) is 4.74 Å². The van der Waals surface area contributed by atoms with E-state index in [1.165, 1.54) is 4.88 Å². The molecule has 0 aliphatic carbocycles. The number of aryl methyl sites for hydroxylation is 1. The number of nitrogens with one attached hydrogen (secondary N) is 1. The molecule has 0 spiro atoms. The van der Waals surface area contributed by atoms with Gasteiger partial charge in [0, 0.05) is 15.5 Å². The first-order valence-corrected chi connectivity index (χ1v) is 8.55. The van der Waals surface area contributed by atoms with E-state index in [0.717, 1.165) is 17.7 Å². The fraction of sp³-hybridized carbons (Fsp3) is 0.562. The third kappa shape index (κ3) is 3.55. The lowest BCUT2D eigenvalue weighted by molar-refractivity contribution is -0.146. The summed E-state index contributed by atoms with van der Waals surface area (Å²) in [6.45, 7) is 6.19. The molecule has 0 fully saturated rings. The number of hydrogen-bond donors (Lipinski definition) is 1. The summed E-state index contributed by atoms with van der Waals surface area (Å²) in [6.07, 6.45) is 2.39. The van der Waals surface area contributed by atoms with E-state index in [1.807, 2.05) is 19.1 Å². The highest BCUT2D eigenvalue weighted by Gasteiger charge is 2.39. The highest BCUT2D eigenvalue weighted by molar-refractivity contribution is 7.12. The summed E-state index contributed by atoms with van der Waals surface area (Å²) >= 11 is 1.62. The molecule has 0 saturated carbocycles. The van der Waals surface area contributed by atoms with Crippen LogP contribution in [0.2, 0.25) is 0 Å². The van der Waals surface area contributed by atoms with Crippen LogP contribution in [0.1, 0.15) is 49.4 Å². The van der Waals surface area contributed by atoms with E-state index in [0.29, 0.717) is 18.7 Å². The van der Waals surface area contributed by atoms with Gasteiger partial charge in [0.1, 0.15) is 5.92 Å².